The van der Waals surface area contributed by atoms with Crippen molar-refractivity contribution in [3.05, 3.63) is 0 Å². The lowest BCUT2D eigenvalue weighted by Crippen LogP contribution is -2.37. The van der Waals surface area contributed by atoms with Crippen molar-refractivity contribution in [3.8, 4) is 0 Å². The van der Waals surface area contributed by atoms with E-state index in [0.29, 0.717) is 31.7 Å². The molecule has 1 rings (SSSR count). The fourth-order valence-electron chi connectivity index (χ4n) is 1.51. The summed E-state index contributed by atoms with van der Waals surface area (Å²) in [6.45, 7) is 2.94. The molecule has 0 aliphatic carbocycles. The average Bonchev–Trinajstić information content (AvgIpc) is 2.17. The summed E-state index contributed by atoms with van der Waals surface area (Å²) in [5, 5.41) is 0. The molecule has 1 aliphatic heterocycles. The van der Waals surface area contributed by atoms with Gasteiger partial charge in [-0.05, 0) is 12.8 Å². The molecule has 78 valence electrons. The zero-order chi connectivity index (χ0) is 9.84. The van der Waals surface area contributed by atoms with Crippen LogP contribution in [-0.4, -0.2) is 33.8 Å². The van der Waals surface area contributed by atoms with Gasteiger partial charge in [-0.2, -0.15) is 0 Å². The van der Waals surface area contributed by atoms with E-state index in [1.54, 1.807) is 4.31 Å². The second-order valence-corrected chi connectivity index (χ2v) is 4.95. The van der Waals surface area contributed by atoms with E-state index in [0.717, 1.165) is 0 Å². The molecule has 13 heavy (non-hydrogen) atoms. The molecule has 0 aromatic heterocycles. The summed E-state index contributed by atoms with van der Waals surface area (Å²) in [5.74, 6) is 0.101. The summed E-state index contributed by atoms with van der Waals surface area (Å²) >= 11 is 0. The van der Waals surface area contributed by atoms with Crippen molar-refractivity contribution < 1.29 is 13.0 Å². The minimum atomic E-state index is -2.21. The number of rotatable bonds is 3. The Morgan fingerprint density at radius 3 is 2.38 bits per heavy atom. The van der Waals surface area contributed by atoms with Crippen molar-refractivity contribution >= 4 is 11.0 Å². The van der Waals surface area contributed by atoms with Gasteiger partial charge in [0.25, 0.3) is 0 Å². The summed E-state index contributed by atoms with van der Waals surface area (Å²) in [6, 6.07) is 0. The Kier molecular flexibility index (Phi) is 4.25. The van der Waals surface area contributed by atoms with E-state index in [1.807, 2.05) is 6.92 Å². The highest BCUT2D eigenvalue weighted by atomic mass is 32.2. The van der Waals surface area contributed by atoms with Gasteiger partial charge in [0.15, 0.2) is 0 Å². The predicted octanol–water partition coefficient (Wildman–Crippen LogP) is 1.65. The number of halogens is 2. The summed E-state index contributed by atoms with van der Waals surface area (Å²) in [4.78, 5) is 0. The molecule has 0 spiro atoms. The SMILES string of the molecule is CCS(=O)N1CCC(C(F)F)CC1. The molecule has 0 saturated carbocycles. The molecule has 1 heterocycles. The van der Waals surface area contributed by atoms with E-state index in [2.05, 4.69) is 0 Å². The molecular formula is C8H15F2NOS. The second-order valence-electron chi connectivity index (χ2n) is 3.21. The van der Waals surface area contributed by atoms with Crippen LogP contribution in [0.5, 0.6) is 0 Å². The van der Waals surface area contributed by atoms with Crippen molar-refractivity contribution in [1.29, 1.82) is 0 Å². The summed E-state index contributed by atoms with van der Waals surface area (Å²) in [7, 11) is -0.953. The average molecular weight is 211 g/mol. The molecule has 1 aliphatic rings. The number of nitrogens with zero attached hydrogens (tertiary/aromatic N) is 1. The summed E-state index contributed by atoms with van der Waals surface area (Å²) in [5.41, 5.74) is 0. The summed E-state index contributed by atoms with van der Waals surface area (Å²) < 4.78 is 37.6. The lowest BCUT2D eigenvalue weighted by Gasteiger charge is -2.29. The van der Waals surface area contributed by atoms with Crippen LogP contribution in [0, 0.1) is 5.92 Å². The van der Waals surface area contributed by atoms with Crippen LogP contribution < -0.4 is 0 Å². The van der Waals surface area contributed by atoms with Crippen LogP contribution in [0.2, 0.25) is 0 Å². The molecule has 0 aromatic rings. The fraction of sp³-hybridized carbons (Fsp3) is 1.00. The highest BCUT2D eigenvalue weighted by Crippen LogP contribution is 2.24. The third-order valence-corrected chi connectivity index (χ3v) is 3.82. The molecule has 5 heteroatoms. The lowest BCUT2D eigenvalue weighted by molar-refractivity contribution is 0.0498. The van der Waals surface area contributed by atoms with Crippen molar-refractivity contribution in [2.75, 3.05) is 18.8 Å². The van der Waals surface area contributed by atoms with Crippen molar-refractivity contribution in [2.24, 2.45) is 5.92 Å². The topological polar surface area (TPSA) is 20.3 Å². The Morgan fingerprint density at radius 1 is 1.46 bits per heavy atom. The minimum Gasteiger partial charge on any atom is -0.243 e. The number of alkyl halides is 2. The van der Waals surface area contributed by atoms with Crippen molar-refractivity contribution in [3.63, 3.8) is 0 Å². The van der Waals surface area contributed by atoms with Gasteiger partial charge in [-0.3, -0.25) is 0 Å². The Hall–Kier alpha value is -0.0300. The Bertz CT molecular complexity index is 181. The Labute approximate surface area is 79.9 Å². The Balaban J connectivity index is 2.34. The van der Waals surface area contributed by atoms with Gasteiger partial charge in [-0.25, -0.2) is 17.3 Å². The van der Waals surface area contributed by atoms with Crippen molar-refractivity contribution in [1.82, 2.24) is 4.31 Å². The van der Waals surface area contributed by atoms with Gasteiger partial charge in [0.05, 0.1) is 11.0 Å². The molecule has 0 N–H and O–H groups in total. The fourth-order valence-corrected chi connectivity index (χ4v) is 2.50. The van der Waals surface area contributed by atoms with Gasteiger partial charge in [-0.1, -0.05) is 6.92 Å². The number of hydrogen-bond acceptors (Lipinski definition) is 1. The first-order chi connectivity index (χ1) is 6.15. The van der Waals surface area contributed by atoms with Gasteiger partial charge in [0.1, 0.15) is 0 Å². The van der Waals surface area contributed by atoms with Crippen LogP contribution in [0.15, 0.2) is 0 Å². The lowest BCUT2D eigenvalue weighted by atomic mass is 9.99. The smallest absolute Gasteiger partial charge is 0.241 e. The van der Waals surface area contributed by atoms with Crippen LogP contribution in [0.25, 0.3) is 0 Å². The minimum absolute atomic E-state index is 0.476. The number of piperidine rings is 1. The molecule has 0 amide bonds. The van der Waals surface area contributed by atoms with E-state index in [4.69, 9.17) is 0 Å². The third kappa shape index (κ3) is 2.98. The molecule has 1 saturated heterocycles. The van der Waals surface area contributed by atoms with E-state index in [1.165, 1.54) is 0 Å². The maximum atomic E-state index is 12.2. The molecule has 1 atom stereocenters. The normalized spacial score (nSPS) is 23.7. The first-order valence-electron chi connectivity index (χ1n) is 4.56. The zero-order valence-electron chi connectivity index (χ0n) is 7.71. The highest BCUT2D eigenvalue weighted by Gasteiger charge is 2.27. The monoisotopic (exact) mass is 211 g/mol. The van der Waals surface area contributed by atoms with Crippen LogP contribution >= 0.6 is 0 Å². The van der Waals surface area contributed by atoms with Crippen LogP contribution in [0.3, 0.4) is 0 Å². The van der Waals surface area contributed by atoms with E-state index in [9.17, 15) is 13.0 Å². The zero-order valence-corrected chi connectivity index (χ0v) is 8.53. The molecule has 0 aromatic carbocycles. The van der Waals surface area contributed by atoms with Gasteiger partial charge >= 0.3 is 0 Å². The molecule has 1 fully saturated rings. The first-order valence-corrected chi connectivity index (χ1v) is 5.84. The molecule has 2 nitrogen and oxygen atoms in total. The van der Waals surface area contributed by atoms with E-state index in [-0.39, 0.29) is 0 Å². The molecule has 1 unspecified atom stereocenters. The third-order valence-electron chi connectivity index (χ3n) is 2.39. The van der Waals surface area contributed by atoms with Crippen molar-refractivity contribution in [2.45, 2.75) is 26.2 Å². The van der Waals surface area contributed by atoms with Gasteiger partial charge in [0.2, 0.25) is 6.43 Å². The Morgan fingerprint density at radius 2 is 2.00 bits per heavy atom. The second kappa shape index (κ2) is 5.00. The van der Waals surface area contributed by atoms with E-state index >= 15 is 0 Å². The standard InChI is InChI=1S/C8H15F2NOS/c1-2-13(12)11-5-3-7(4-6-11)8(9)10/h7-8H,2-6H2,1H3. The van der Waals surface area contributed by atoms with Gasteiger partial charge in [0, 0.05) is 24.8 Å². The number of hydrogen-bond donors (Lipinski definition) is 0. The van der Waals surface area contributed by atoms with Crippen LogP contribution in [0.4, 0.5) is 8.78 Å². The maximum Gasteiger partial charge on any atom is 0.241 e. The molecular weight excluding hydrogens is 196 g/mol. The van der Waals surface area contributed by atoms with E-state index < -0.39 is 23.3 Å². The van der Waals surface area contributed by atoms with Crippen LogP contribution in [0.1, 0.15) is 19.8 Å². The van der Waals surface area contributed by atoms with Gasteiger partial charge < -0.3 is 0 Å². The largest absolute Gasteiger partial charge is 0.243 e. The van der Waals surface area contributed by atoms with Gasteiger partial charge in [-0.15, -0.1) is 0 Å². The highest BCUT2D eigenvalue weighted by molar-refractivity contribution is 7.82. The first kappa shape index (κ1) is 11.0. The molecule has 0 bridgehead atoms. The van der Waals surface area contributed by atoms with Crippen LogP contribution in [-0.2, 0) is 11.0 Å². The summed E-state index contributed by atoms with van der Waals surface area (Å²) in [6.07, 6.45) is -1.26. The molecule has 0 radical (unpaired) electrons. The predicted molar refractivity (Wildman–Crippen MR) is 49.0 cm³/mol. The quantitative estimate of drug-likeness (QED) is 0.695. The maximum absolute atomic E-state index is 12.2.